The van der Waals surface area contributed by atoms with Crippen LogP contribution in [0, 0.1) is 5.92 Å². The lowest BCUT2D eigenvalue weighted by atomic mass is 9.96. The number of hydrogen-bond acceptors (Lipinski definition) is 4. The molecular weight excluding hydrogens is 376 g/mol. The zero-order valence-corrected chi connectivity index (χ0v) is 17.5. The van der Waals surface area contributed by atoms with Crippen molar-refractivity contribution < 1.29 is 13.7 Å². The van der Waals surface area contributed by atoms with Crippen LogP contribution in [-0.2, 0) is 22.8 Å². The first kappa shape index (κ1) is 20.5. The monoisotopic (exact) mass is 404 g/mol. The van der Waals surface area contributed by atoms with Crippen molar-refractivity contribution in [1.29, 1.82) is 0 Å². The van der Waals surface area contributed by atoms with E-state index in [0.717, 1.165) is 37.2 Å². The van der Waals surface area contributed by atoms with Crippen molar-refractivity contribution in [1.82, 2.24) is 18.8 Å². The van der Waals surface area contributed by atoms with Crippen molar-refractivity contribution in [3.05, 3.63) is 54.3 Å². The van der Waals surface area contributed by atoms with E-state index >= 15 is 0 Å². The molecule has 0 spiro atoms. The Morgan fingerprint density at radius 1 is 1.25 bits per heavy atom. The van der Waals surface area contributed by atoms with Crippen molar-refractivity contribution in [2.24, 2.45) is 13.0 Å². The van der Waals surface area contributed by atoms with Crippen molar-refractivity contribution in [2.45, 2.75) is 25.8 Å². The molecule has 2 atom stereocenters. The lowest BCUT2D eigenvalue weighted by Crippen LogP contribution is -2.51. The van der Waals surface area contributed by atoms with E-state index in [4.69, 9.17) is 4.74 Å². The van der Waals surface area contributed by atoms with Crippen molar-refractivity contribution in [3.8, 4) is 0 Å². The molecule has 28 heavy (non-hydrogen) atoms. The van der Waals surface area contributed by atoms with E-state index in [1.807, 2.05) is 52.2 Å². The van der Waals surface area contributed by atoms with Gasteiger partial charge in [0.2, 0.25) is 0 Å². The van der Waals surface area contributed by atoms with E-state index in [1.165, 1.54) is 0 Å². The van der Waals surface area contributed by atoms with E-state index < -0.39 is 11.0 Å². The maximum Gasteiger partial charge on any atom is 0.414 e. The number of hydrogen-bond donors (Lipinski definition) is 0. The number of fused-ring (bicyclic) bond motifs is 1. The topological polar surface area (TPSA) is 67.7 Å². The SMILES string of the molecule is CC1=C2C(C=CC=C1)COC(=O)N2C1CCN(S(C)=O)CC1.Cn1ccnc1. The predicted molar refractivity (Wildman–Crippen MR) is 110 cm³/mol. The van der Waals surface area contributed by atoms with Gasteiger partial charge in [0.25, 0.3) is 0 Å². The number of ether oxygens (including phenoxy) is 1. The maximum absolute atomic E-state index is 12.4. The van der Waals surface area contributed by atoms with E-state index in [1.54, 1.807) is 18.8 Å². The van der Waals surface area contributed by atoms with Crippen molar-refractivity contribution >= 4 is 17.1 Å². The number of amides is 1. The molecular formula is C20H28N4O3S. The van der Waals surface area contributed by atoms with E-state index in [-0.39, 0.29) is 18.1 Å². The molecule has 2 saturated heterocycles. The van der Waals surface area contributed by atoms with Crippen LogP contribution in [-0.4, -0.2) is 61.1 Å². The highest BCUT2D eigenvalue weighted by Crippen LogP contribution is 2.34. The minimum absolute atomic E-state index is 0.125. The van der Waals surface area contributed by atoms with Crippen LogP contribution < -0.4 is 0 Å². The minimum Gasteiger partial charge on any atom is -0.448 e. The Morgan fingerprint density at radius 2 is 2.00 bits per heavy atom. The van der Waals surface area contributed by atoms with Crippen molar-refractivity contribution in [2.75, 3.05) is 26.0 Å². The fraction of sp³-hybridized carbons (Fsp3) is 0.500. The summed E-state index contributed by atoms with van der Waals surface area (Å²) in [5.41, 5.74) is 2.19. The summed E-state index contributed by atoms with van der Waals surface area (Å²) >= 11 is 0. The van der Waals surface area contributed by atoms with E-state index in [0.29, 0.717) is 6.61 Å². The Morgan fingerprint density at radius 3 is 2.57 bits per heavy atom. The normalized spacial score (nSPS) is 24.2. The predicted octanol–water partition coefficient (Wildman–Crippen LogP) is 2.63. The number of nitrogens with zero attached hydrogens (tertiary/aromatic N) is 4. The minimum atomic E-state index is -0.934. The summed E-state index contributed by atoms with van der Waals surface area (Å²) < 4.78 is 20.8. The standard InChI is InChI=1S/C16H22N2O3S.C4H6N2/c1-12-5-3-4-6-13-11-21-16(19)18(15(12)13)14-7-9-17(10-8-14)22(2)20;1-6-3-2-5-4-6/h3-6,13-14H,7-11H2,1-2H3;2-4H,1H3. The van der Waals surface area contributed by atoms with Gasteiger partial charge in [-0.25, -0.2) is 18.3 Å². The molecule has 0 N–H and O–H groups in total. The summed E-state index contributed by atoms with van der Waals surface area (Å²) in [6.07, 6.45) is 16.7. The first-order valence-electron chi connectivity index (χ1n) is 9.49. The molecule has 1 amide bonds. The lowest BCUT2D eigenvalue weighted by molar-refractivity contribution is 0.0524. The fourth-order valence-electron chi connectivity index (χ4n) is 3.73. The summed E-state index contributed by atoms with van der Waals surface area (Å²) in [4.78, 5) is 18.0. The highest BCUT2D eigenvalue weighted by molar-refractivity contribution is 7.81. The molecule has 1 aliphatic carbocycles. The summed E-state index contributed by atoms with van der Waals surface area (Å²) in [6, 6.07) is 0.125. The second-order valence-electron chi connectivity index (χ2n) is 7.18. The molecule has 1 aromatic heterocycles. The molecule has 8 heteroatoms. The van der Waals surface area contributed by atoms with E-state index in [2.05, 4.69) is 11.1 Å². The second-order valence-corrected chi connectivity index (χ2v) is 8.54. The fourth-order valence-corrected chi connectivity index (χ4v) is 4.45. The number of carbonyl (C=O) groups excluding carboxylic acids is 1. The molecule has 3 aliphatic rings. The number of aryl methyl sites for hydroxylation is 1. The maximum atomic E-state index is 12.4. The number of aromatic nitrogens is 2. The van der Waals surface area contributed by atoms with Crippen LogP contribution >= 0.6 is 0 Å². The first-order valence-corrected chi connectivity index (χ1v) is 11.0. The van der Waals surface area contributed by atoms with Gasteiger partial charge in [-0.3, -0.25) is 4.90 Å². The molecule has 4 rings (SSSR count). The highest BCUT2D eigenvalue weighted by atomic mass is 32.2. The van der Waals surface area contributed by atoms with Crippen LogP contribution in [0.15, 0.2) is 54.3 Å². The number of imidazole rings is 1. The molecule has 2 fully saturated rings. The summed E-state index contributed by atoms with van der Waals surface area (Å²) in [7, 11) is 1.00. The largest absolute Gasteiger partial charge is 0.448 e. The molecule has 3 heterocycles. The summed E-state index contributed by atoms with van der Waals surface area (Å²) in [5.74, 6) is 0.131. The average molecular weight is 405 g/mol. The van der Waals surface area contributed by atoms with Gasteiger partial charge in [0.1, 0.15) is 6.61 Å². The lowest BCUT2D eigenvalue weighted by Gasteiger charge is -2.42. The molecule has 0 bridgehead atoms. The van der Waals surface area contributed by atoms with Crippen LogP contribution in [0.25, 0.3) is 0 Å². The van der Waals surface area contributed by atoms with Gasteiger partial charge in [-0.2, -0.15) is 0 Å². The van der Waals surface area contributed by atoms with Gasteiger partial charge in [0.05, 0.1) is 23.2 Å². The summed E-state index contributed by atoms with van der Waals surface area (Å²) in [5, 5.41) is 0. The highest BCUT2D eigenvalue weighted by Gasteiger charge is 2.38. The number of piperidine rings is 1. The molecule has 0 aromatic carbocycles. The quantitative estimate of drug-likeness (QED) is 0.760. The number of allylic oxidation sites excluding steroid dienone is 4. The van der Waals surface area contributed by atoms with Crippen LogP contribution in [0.4, 0.5) is 4.79 Å². The van der Waals surface area contributed by atoms with Gasteiger partial charge in [0, 0.05) is 50.5 Å². The molecule has 2 aliphatic heterocycles. The van der Waals surface area contributed by atoms with Gasteiger partial charge in [-0.15, -0.1) is 0 Å². The van der Waals surface area contributed by atoms with Crippen LogP contribution in [0.5, 0.6) is 0 Å². The Labute approximate surface area is 168 Å². The Bertz CT molecular complexity index is 792. The third-order valence-corrected chi connectivity index (χ3v) is 6.28. The average Bonchev–Trinajstić information content (AvgIpc) is 3.09. The van der Waals surface area contributed by atoms with Gasteiger partial charge >= 0.3 is 6.09 Å². The smallest absolute Gasteiger partial charge is 0.414 e. The van der Waals surface area contributed by atoms with E-state index in [9.17, 15) is 9.00 Å². The molecule has 1 aromatic rings. The number of cyclic esters (lactones) is 1. The molecule has 7 nitrogen and oxygen atoms in total. The van der Waals surface area contributed by atoms with Gasteiger partial charge in [-0.1, -0.05) is 24.3 Å². The molecule has 2 unspecified atom stereocenters. The number of rotatable bonds is 2. The zero-order chi connectivity index (χ0) is 20.1. The van der Waals surface area contributed by atoms with Crippen LogP contribution in [0.1, 0.15) is 19.8 Å². The van der Waals surface area contributed by atoms with Crippen molar-refractivity contribution in [3.63, 3.8) is 0 Å². The van der Waals surface area contributed by atoms with Crippen LogP contribution in [0.2, 0.25) is 0 Å². The Hall–Kier alpha value is -2.19. The molecule has 0 saturated carbocycles. The molecule has 0 radical (unpaired) electrons. The van der Waals surface area contributed by atoms with Crippen LogP contribution in [0.3, 0.4) is 0 Å². The Balaban J connectivity index is 0.000000320. The third kappa shape index (κ3) is 4.80. The summed E-state index contributed by atoms with van der Waals surface area (Å²) in [6.45, 7) is 3.96. The first-order chi connectivity index (χ1) is 13.5. The van der Waals surface area contributed by atoms with Gasteiger partial charge in [-0.05, 0) is 25.3 Å². The molecule has 152 valence electrons. The van der Waals surface area contributed by atoms with Gasteiger partial charge in [0.15, 0.2) is 0 Å². The van der Waals surface area contributed by atoms with Gasteiger partial charge < -0.3 is 9.30 Å². The third-order valence-electron chi connectivity index (χ3n) is 5.19. The second kappa shape index (κ2) is 9.34. The number of carbonyl (C=O) groups is 1. The zero-order valence-electron chi connectivity index (χ0n) is 16.7. The Kier molecular flexibility index (Phi) is 6.85.